The molecule has 0 atom stereocenters. The summed E-state index contributed by atoms with van der Waals surface area (Å²) in [6.07, 6.45) is 6.11. The van der Waals surface area contributed by atoms with E-state index in [1.165, 1.54) is 35.9 Å². The zero-order valence-corrected chi connectivity index (χ0v) is 25.1. The molecular formula is C36H31N7. The molecule has 0 spiro atoms. The lowest BCUT2D eigenvalue weighted by Gasteiger charge is -2.21. The Morgan fingerprint density at radius 1 is 0.581 bits per heavy atom. The summed E-state index contributed by atoms with van der Waals surface area (Å²) in [6.45, 7) is 13.3. The molecule has 0 unspecified atom stereocenters. The van der Waals surface area contributed by atoms with Crippen LogP contribution in [0.2, 0.25) is 0 Å². The van der Waals surface area contributed by atoms with Gasteiger partial charge in [0.05, 0.1) is 27.8 Å². The second kappa shape index (κ2) is 10.2. The molecule has 0 saturated heterocycles. The van der Waals surface area contributed by atoms with E-state index in [0.29, 0.717) is 22.8 Å². The van der Waals surface area contributed by atoms with Crippen LogP contribution in [-0.4, -0.2) is 24.5 Å². The van der Waals surface area contributed by atoms with Gasteiger partial charge in [-0.05, 0) is 52.3 Å². The Morgan fingerprint density at radius 3 is 1.49 bits per heavy atom. The molecule has 0 aliphatic heterocycles. The van der Waals surface area contributed by atoms with Crippen molar-refractivity contribution in [1.82, 2.24) is 24.5 Å². The van der Waals surface area contributed by atoms with E-state index in [0.717, 1.165) is 38.6 Å². The lowest BCUT2D eigenvalue weighted by Crippen LogP contribution is -2.11. The van der Waals surface area contributed by atoms with Gasteiger partial charge in [0.25, 0.3) is 0 Å². The molecule has 0 saturated carbocycles. The minimum Gasteiger partial charge on any atom is -0.308 e. The van der Waals surface area contributed by atoms with Crippen molar-refractivity contribution in [3.05, 3.63) is 102 Å². The Labute approximate surface area is 251 Å². The van der Waals surface area contributed by atoms with Crippen molar-refractivity contribution in [3.63, 3.8) is 0 Å². The van der Waals surface area contributed by atoms with Gasteiger partial charge in [-0.3, -0.25) is 0 Å². The number of fused-ring (bicyclic) bond motifs is 3. The summed E-state index contributed by atoms with van der Waals surface area (Å²) in [5, 5.41) is 20.9. The standard InChI is InChI=1S/C36H31N7/c1-35(2,3)25-8-10-27-28-11-9-26(36(4,5)6)15-32(28)43(31(27)14-25)30-12-7-24(33-39-18-22(16-37)19-40-33)13-29(30)34-41-20-23(17-38)21-42-34/h7-15,18-21H,1-6H3. The van der Waals surface area contributed by atoms with Crippen molar-refractivity contribution in [3.8, 4) is 40.6 Å². The zero-order chi connectivity index (χ0) is 30.5. The van der Waals surface area contributed by atoms with E-state index in [1.807, 2.05) is 12.1 Å². The quantitative estimate of drug-likeness (QED) is 0.217. The van der Waals surface area contributed by atoms with Crippen molar-refractivity contribution >= 4 is 21.8 Å². The third-order valence-electron chi connectivity index (χ3n) is 7.80. The smallest absolute Gasteiger partial charge is 0.161 e. The van der Waals surface area contributed by atoms with E-state index in [2.05, 4.69) is 121 Å². The van der Waals surface area contributed by atoms with E-state index in [9.17, 15) is 10.5 Å². The largest absolute Gasteiger partial charge is 0.308 e. The maximum absolute atomic E-state index is 9.39. The fourth-order valence-electron chi connectivity index (χ4n) is 5.32. The maximum Gasteiger partial charge on any atom is 0.161 e. The third-order valence-corrected chi connectivity index (χ3v) is 7.80. The summed E-state index contributed by atoms with van der Waals surface area (Å²) in [5.41, 5.74) is 7.79. The summed E-state index contributed by atoms with van der Waals surface area (Å²) >= 11 is 0. The van der Waals surface area contributed by atoms with Gasteiger partial charge in [-0.2, -0.15) is 10.5 Å². The van der Waals surface area contributed by atoms with Gasteiger partial charge in [0, 0.05) is 46.7 Å². The average molecular weight is 562 g/mol. The minimum atomic E-state index is -0.0398. The van der Waals surface area contributed by atoms with E-state index in [1.54, 1.807) is 0 Å². The van der Waals surface area contributed by atoms with Crippen LogP contribution in [-0.2, 0) is 10.8 Å². The van der Waals surface area contributed by atoms with Gasteiger partial charge in [-0.15, -0.1) is 0 Å². The highest BCUT2D eigenvalue weighted by molar-refractivity contribution is 6.10. The molecule has 7 heteroatoms. The molecule has 210 valence electrons. The molecule has 6 aromatic rings. The van der Waals surface area contributed by atoms with Gasteiger partial charge in [-0.1, -0.05) is 65.8 Å². The van der Waals surface area contributed by atoms with Crippen molar-refractivity contribution in [1.29, 1.82) is 10.5 Å². The predicted molar refractivity (Wildman–Crippen MR) is 170 cm³/mol. The molecule has 3 aromatic heterocycles. The summed E-state index contributed by atoms with van der Waals surface area (Å²) in [7, 11) is 0. The number of hydrogen-bond donors (Lipinski definition) is 0. The first kappa shape index (κ1) is 27.8. The van der Waals surface area contributed by atoms with Gasteiger partial charge in [-0.25, -0.2) is 19.9 Å². The first-order valence-electron chi connectivity index (χ1n) is 14.2. The summed E-state index contributed by atoms with van der Waals surface area (Å²) in [4.78, 5) is 18.0. The van der Waals surface area contributed by atoms with Crippen molar-refractivity contribution in [2.45, 2.75) is 52.4 Å². The van der Waals surface area contributed by atoms with Crippen LogP contribution in [0.5, 0.6) is 0 Å². The number of nitrogens with zero attached hydrogens (tertiary/aromatic N) is 7. The van der Waals surface area contributed by atoms with Gasteiger partial charge < -0.3 is 4.57 Å². The van der Waals surface area contributed by atoms with E-state index in [4.69, 9.17) is 0 Å². The highest BCUT2D eigenvalue weighted by Crippen LogP contribution is 2.40. The van der Waals surface area contributed by atoms with Crippen LogP contribution >= 0.6 is 0 Å². The lowest BCUT2D eigenvalue weighted by atomic mass is 9.86. The molecule has 0 fully saturated rings. The predicted octanol–water partition coefficient (Wildman–Crippen LogP) is 8.04. The van der Waals surface area contributed by atoms with Crippen LogP contribution in [0.25, 0.3) is 50.3 Å². The maximum atomic E-state index is 9.39. The second-order valence-electron chi connectivity index (χ2n) is 12.8. The Morgan fingerprint density at radius 2 is 1.05 bits per heavy atom. The molecule has 43 heavy (non-hydrogen) atoms. The summed E-state index contributed by atoms with van der Waals surface area (Å²) in [6, 6.07) is 23.7. The van der Waals surface area contributed by atoms with Crippen LogP contribution in [0.1, 0.15) is 63.8 Å². The van der Waals surface area contributed by atoms with Gasteiger partial charge in [0.15, 0.2) is 11.6 Å². The van der Waals surface area contributed by atoms with Gasteiger partial charge in [0.1, 0.15) is 12.1 Å². The Bertz CT molecular complexity index is 2020. The van der Waals surface area contributed by atoms with Crippen molar-refractivity contribution in [2.75, 3.05) is 0 Å². The number of benzene rings is 3. The first-order valence-corrected chi connectivity index (χ1v) is 14.2. The van der Waals surface area contributed by atoms with E-state index < -0.39 is 0 Å². The molecule has 6 rings (SSSR count). The third kappa shape index (κ3) is 5.00. The topological polar surface area (TPSA) is 104 Å². The number of nitriles is 2. The van der Waals surface area contributed by atoms with Crippen LogP contribution in [0, 0.1) is 22.7 Å². The molecule has 0 N–H and O–H groups in total. The molecule has 3 aromatic carbocycles. The lowest BCUT2D eigenvalue weighted by molar-refractivity contribution is 0.591. The highest BCUT2D eigenvalue weighted by atomic mass is 15.0. The molecule has 0 radical (unpaired) electrons. The van der Waals surface area contributed by atoms with Crippen molar-refractivity contribution in [2.24, 2.45) is 0 Å². The highest BCUT2D eigenvalue weighted by Gasteiger charge is 2.23. The van der Waals surface area contributed by atoms with Crippen LogP contribution in [0.4, 0.5) is 0 Å². The SMILES string of the molecule is CC(C)(C)c1ccc2c3ccc(C(C)(C)C)cc3n(-c3ccc(-c4ncc(C#N)cn4)cc3-c3ncc(C#N)cn3)c2c1. The Kier molecular flexibility index (Phi) is 6.55. The first-order chi connectivity index (χ1) is 20.5. The Hall–Kier alpha value is -5.40. The molecule has 7 nitrogen and oxygen atoms in total. The summed E-state index contributed by atoms with van der Waals surface area (Å²) < 4.78 is 2.30. The average Bonchev–Trinajstić information content (AvgIpc) is 3.33. The number of aromatic nitrogens is 5. The fraction of sp³-hybridized carbons (Fsp3) is 0.222. The number of hydrogen-bond acceptors (Lipinski definition) is 6. The molecule has 0 amide bonds. The molecule has 0 aliphatic carbocycles. The summed E-state index contributed by atoms with van der Waals surface area (Å²) in [5.74, 6) is 0.978. The van der Waals surface area contributed by atoms with Gasteiger partial charge >= 0.3 is 0 Å². The van der Waals surface area contributed by atoms with E-state index in [-0.39, 0.29) is 10.8 Å². The molecular weight excluding hydrogens is 530 g/mol. The molecule has 0 aliphatic rings. The number of rotatable bonds is 3. The van der Waals surface area contributed by atoms with Gasteiger partial charge in [0.2, 0.25) is 0 Å². The van der Waals surface area contributed by atoms with Crippen LogP contribution in [0.3, 0.4) is 0 Å². The minimum absolute atomic E-state index is 0.0398. The second-order valence-corrected chi connectivity index (χ2v) is 12.8. The van der Waals surface area contributed by atoms with E-state index >= 15 is 0 Å². The molecule has 0 bridgehead atoms. The Balaban J connectivity index is 1.71. The normalized spacial score (nSPS) is 11.9. The zero-order valence-electron chi connectivity index (χ0n) is 25.1. The van der Waals surface area contributed by atoms with Crippen LogP contribution in [0.15, 0.2) is 79.4 Å². The monoisotopic (exact) mass is 561 g/mol. The van der Waals surface area contributed by atoms with Crippen molar-refractivity contribution < 1.29 is 0 Å². The molecule has 3 heterocycles. The fourth-order valence-corrected chi connectivity index (χ4v) is 5.32. The van der Waals surface area contributed by atoms with Crippen LogP contribution < -0.4 is 0 Å².